The number of hydrogen-bond acceptors (Lipinski definition) is 4. The number of hydrogen-bond donors (Lipinski definition) is 0. The van der Waals surface area contributed by atoms with Gasteiger partial charge < -0.3 is 18.9 Å². The van der Waals surface area contributed by atoms with Gasteiger partial charge in [-0.3, -0.25) is 4.79 Å². The predicted molar refractivity (Wildman–Crippen MR) is 134 cm³/mol. The Morgan fingerprint density at radius 1 is 1.00 bits per heavy atom. The van der Waals surface area contributed by atoms with Crippen LogP contribution in [-0.2, 0) is 11.3 Å². The highest BCUT2D eigenvalue weighted by atomic mass is 16.5. The molecule has 1 aliphatic rings. The molecule has 4 aromatic rings. The Hall–Kier alpha value is -3.80. The Labute approximate surface area is 199 Å². The van der Waals surface area contributed by atoms with Crippen molar-refractivity contribution in [1.29, 1.82) is 0 Å². The summed E-state index contributed by atoms with van der Waals surface area (Å²) >= 11 is 0. The zero-order valence-electron chi connectivity index (χ0n) is 20.0. The van der Waals surface area contributed by atoms with E-state index in [9.17, 15) is 4.79 Å². The molecule has 1 aliphatic heterocycles. The molecule has 1 amide bonds. The molecule has 6 heteroatoms. The maximum Gasteiger partial charge on any atom is 0.227 e. The molecule has 1 atom stereocenters. The van der Waals surface area contributed by atoms with Crippen LogP contribution in [0.2, 0.25) is 0 Å². The van der Waals surface area contributed by atoms with Gasteiger partial charge in [0.1, 0.15) is 17.3 Å². The number of imidazole rings is 1. The molecule has 0 unspecified atom stereocenters. The number of benzene rings is 3. The van der Waals surface area contributed by atoms with E-state index in [0.717, 1.165) is 29.1 Å². The molecule has 0 saturated carbocycles. The summed E-state index contributed by atoms with van der Waals surface area (Å²) in [4.78, 5) is 20.0. The Balaban J connectivity index is 1.55. The molecule has 1 saturated heterocycles. The third kappa shape index (κ3) is 3.89. The van der Waals surface area contributed by atoms with Crippen LogP contribution in [0.1, 0.15) is 34.9 Å². The number of nitrogens with zero attached hydrogens (tertiary/aromatic N) is 3. The van der Waals surface area contributed by atoms with Crippen LogP contribution in [0.5, 0.6) is 11.5 Å². The average Bonchev–Trinajstić information content (AvgIpc) is 3.41. The molecule has 0 N–H and O–H groups in total. The molecule has 2 heterocycles. The van der Waals surface area contributed by atoms with E-state index in [1.54, 1.807) is 19.1 Å². The monoisotopic (exact) mass is 455 g/mol. The van der Waals surface area contributed by atoms with Crippen molar-refractivity contribution < 1.29 is 14.3 Å². The number of para-hydroxylation sites is 2. The minimum atomic E-state index is -0.0269. The molecule has 1 fully saturated rings. The van der Waals surface area contributed by atoms with Crippen molar-refractivity contribution in [2.75, 3.05) is 25.7 Å². The Morgan fingerprint density at radius 3 is 2.62 bits per heavy atom. The number of carbonyl (C=O) groups is 1. The highest BCUT2D eigenvalue weighted by molar-refractivity contribution is 5.98. The molecule has 3 aromatic carbocycles. The van der Waals surface area contributed by atoms with Crippen LogP contribution >= 0.6 is 0 Å². The lowest BCUT2D eigenvalue weighted by molar-refractivity contribution is -0.117. The molecule has 34 heavy (non-hydrogen) atoms. The van der Waals surface area contributed by atoms with E-state index < -0.39 is 0 Å². The van der Waals surface area contributed by atoms with E-state index in [4.69, 9.17) is 14.5 Å². The molecule has 1 aromatic heterocycles. The SMILES string of the molecule is COc1ccc(OC)c(N2C[C@@H](c3nc4ccccc4n3Cc3cc(C)ccc3C)CC2=O)c1. The molecule has 0 radical (unpaired) electrons. The van der Waals surface area contributed by atoms with Gasteiger partial charge in [0.15, 0.2) is 0 Å². The zero-order valence-corrected chi connectivity index (χ0v) is 20.0. The molecule has 0 bridgehead atoms. The smallest absolute Gasteiger partial charge is 0.227 e. The fourth-order valence-electron chi connectivity index (χ4n) is 4.83. The number of methoxy groups -OCH3 is 2. The van der Waals surface area contributed by atoms with Crippen LogP contribution in [0.15, 0.2) is 60.7 Å². The van der Waals surface area contributed by atoms with E-state index >= 15 is 0 Å². The fourth-order valence-corrected chi connectivity index (χ4v) is 4.83. The van der Waals surface area contributed by atoms with Crippen molar-refractivity contribution in [2.24, 2.45) is 0 Å². The topological polar surface area (TPSA) is 56.6 Å². The maximum atomic E-state index is 13.2. The number of rotatable bonds is 6. The Morgan fingerprint density at radius 2 is 1.82 bits per heavy atom. The van der Waals surface area contributed by atoms with Gasteiger partial charge in [-0.25, -0.2) is 4.98 Å². The minimum Gasteiger partial charge on any atom is -0.497 e. The number of aryl methyl sites for hydroxylation is 2. The maximum absolute atomic E-state index is 13.2. The number of anilines is 1. The molecule has 174 valence electrons. The van der Waals surface area contributed by atoms with Gasteiger partial charge in [-0.2, -0.15) is 0 Å². The van der Waals surface area contributed by atoms with E-state index in [1.165, 1.54) is 16.7 Å². The number of aromatic nitrogens is 2. The Bertz CT molecular complexity index is 1370. The molecule has 5 rings (SSSR count). The third-order valence-corrected chi connectivity index (χ3v) is 6.68. The first-order valence-corrected chi connectivity index (χ1v) is 11.5. The summed E-state index contributed by atoms with van der Waals surface area (Å²) < 4.78 is 13.2. The lowest BCUT2D eigenvalue weighted by Crippen LogP contribution is -2.25. The third-order valence-electron chi connectivity index (χ3n) is 6.68. The number of fused-ring (bicyclic) bond motifs is 1. The van der Waals surface area contributed by atoms with Crippen LogP contribution in [0.4, 0.5) is 5.69 Å². The van der Waals surface area contributed by atoms with Gasteiger partial charge in [0, 0.05) is 31.5 Å². The van der Waals surface area contributed by atoms with Gasteiger partial charge in [0.05, 0.1) is 30.9 Å². The fraction of sp³-hybridized carbons (Fsp3) is 0.286. The molecule has 6 nitrogen and oxygen atoms in total. The predicted octanol–water partition coefficient (Wildman–Crippen LogP) is 5.24. The average molecular weight is 456 g/mol. The van der Waals surface area contributed by atoms with Crippen LogP contribution in [-0.4, -0.2) is 36.2 Å². The van der Waals surface area contributed by atoms with Crippen LogP contribution < -0.4 is 14.4 Å². The largest absolute Gasteiger partial charge is 0.497 e. The second-order valence-electron chi connectivity index (χ2n) is 8.92. The Kier molecular flexibility index (Phi) is 5.74. The number of carbonyl (C=O) groups excluding carboxylic acids is 1. The van der Waals surface area contributed by atoms with Crippen molar-refractivity contribution in [1.82, 2.24) is 9.55 Å². The van der Waals surface area contributed by atoms with Gasteiger partial charge in [-0.05, 0) is 49.2 Å². The highest BCUT2D eigenvalue weighted by Gasteiger charge is 2.36. The summed E-state index contributed by atoms with van der Waals surface area (Å²) in [5.41, 5.74) is 6.51. The van der Waals surface area contributed by atoms with E-state index in [2.05, 4.69) is 42.7 Å². The first-order valence-electron chi connectivity index (χ1n) is 11.5. The summed E-state index contributed by atoms with van der Waals surface area (Å²) in [5, 5.41) is 0. The van der Waals surface area contributed by atoms with Crippen molar-refractivity contribution >= 4 is 22.6 Å². The van der Waals surface area contributed by atoms with Crippen molar-refractivity contribution in [3.05, 3.63) is 83.2 Å². The zero-order chi connectivity index (χ0) is 23.8. The first kappa shape index (κ1) is 22.0. The molecule has 0 aliphatic carbocycles. The van der Waals surface area contributed by atoms with E-state index in [-0.39, 0.29) is 11.8 Å². The quantitative estimate of drug-likeness (QED) is 0.399. The van der Waals surface area contributed by atoms with E-state index in [0.29, 0.717) is 24.5 Å². The standard InChI is InChI=1S/C28H29N3O3/c1-18-9-10-19(2)20(13-18)16-31-24-8-6-5-7-23(24)29-28(31)21-14-27(32)30(17-21)25-15-22(33-3)11-12-26(25)34-4/h5-13,15,21H,14,16-17H2,1-4H3/t21-/m0/s1. The highest BCUT2D eigenvalue weighted by Crippen LogP contribution is 2.39. The molecule has 0 spiro atoms. The number of amides is 1. The first-order chi connectivity index (χ1) is 16.5. The summed E-state index contributed by atoms with van der Waals surface area (Å²) in [7, 11) is 3.24. The summed E-state index contributed by atoms with van der Waals surface area (Å²) in [6.07, 6.45) is 0.399. The second-order valence-corrected chi connectivity index (χ2v) is 8.92. The molecular weight excluding hydrogens is 426 g/mol. The second kappa shape index (κ2) is 8.86. The lowest BCUT2D eigenvalue weighted by Gasteiger charge is -2.21. The summed E-state index contributed by atoms with van der Waals surface area (Å²) in [6.45, 7) is 5.52. The molecular formula is C28H29N3O3. The number of ether oxygens (including phenoxy) is 2. The van der Waals surface area contributed by atoms with Crippen molar-refractivity contribution in [3.8, 4) is 11.5 Å². The normalized spacial score (nSPS) is 15.8. The van der Waals surface area contributed by atoms with Crippen LogP contribution in [0, 0.1) is 13.8 Å². The van der Waals surface area contributed by atoms with Crippen LogP contribution in [0.3, 0.4) is 0 Å². The minimum absolute atomic E-state index is 0.0269. The van der Waals surface area contributed by atoms with Gasteiger partial charge in [-0.1, -0.05) is 35.9 Å². The van der Waals surface area contributed by atoms with Gasteiger partial charge in [0.2, 0.25) is 5.91 Å². The van der Waals surface area contributed by atoms with Gasteiger partial charge in [0.25, 0.3) is 0 Å². The van der Waals surface area contributed by atoms with Gasteiger partial charge >= 0.3 is 0 Å². The summed E-state index contributed by atoms with van der Waals surface area (Å²) in [5.74, 6) is 2.32. The van der Waals surface area contributed by atoms with Crippen molar-refractivity contribution in [3.63, 3.8) is 0 Å². The van der Waals surface area contributed by atoms with Crippen LogP contribution in [0.25, 0.3) is 11.0 Å². The van der Waals surface area contributed by atoms with E-state index in [1.807, 2.05) is 36.4 Å². The summed E-state index contributed by atoms with van der Waals surface area (Å²) in [6, 6.07) is 20.3. The van der Waals surface area contributed by atoms with Gasteiger partial charge in [-0.15, -0.1) is 0 Å². The van der Waals surface area contributed by atoms with Crippen molar-refractivity contribution in [2.45, 2.75) is 32.7 Å². The lowest BCUT2D eigenvalue weighted by atomic mass is 10.0.